The number of benzene rings is 2. The Kier molecular flexibility index (Phi) is 7.83. The summed E-state index contributed by atoms with van der Waals surface area (Å²) in [6.07, 6.45) is 0.509. The minimum atomic E-state index is -0.528. The second-order valence-electron chi connectivity index (χ2n) is 6.03. The van der Waals surface area contributed by atoms with Crippen LogP contribution in [0.3, 0.4) is 0 Å². The molecule has 1 atom stereocenters. The van der Waals surface area contributed by atoms with E-state index in [4.69, 9.17) is 9.47 Å². The lowest BCUT2D eigenvalue weighted by molar-refractivity contribution is -0.148. The molecule has 0 saturated carbocycles. The highest BCUT2D eigenvalue weighted by atomic mass is 16.5. The Hall–Kier alpha value is -2.66. The number of hydrogen-bond acceptors (Lipinski definition) is 5. The van der Waals surface area contributed by atoms with Gasteiger partial charge < -0.3 is 9.47 Å². The number of hydrogen-bond donors (Lipinski definition) is 0. The van der Waals surface area contributed by atoms with Crippen LogP contribution in [-0.2, 0) is 32.2 Å². The van der Waals surface area contributed by atoms with E-state index in [1.807, 2.05) is 65.6 Å². The Bertz CT molecular complexity index is 646. The summed E-state index contributed by atoms with van der Waals surface area (Å²) < 4.78 is 9.72. The molecule has 0 radical (unpaired) electrons. The molecule has 0 aliphatic carbocycles. The van der Waals surface area contributed by atoms with Gasteiger partial charge in [-0.05, 0) is 17.5 Å². The summed E-state index contributed by atoms with van der Waals surface area (Å²) >= 11 is 0. The lowest BCUT2D eigenvalue weighted by Gasteiger charge is -2.30. The topological polar surface area (TPSA) is 55.8 Å². The lowest BCUT2D eigenvalue weighted by Crippen LogP contribution is -2.41. The quantitative estimate of drug-likeness (QED) is 0.647. The summed E-state index contributed by atoms with van der Waals surface area (Å²) in [4.78, 5) is 26.0. The maximum absolute atomic E-state index is 12.4. The van der Waals surface area contributed by atoms with Crippen molar-refractivity contribution in [1.29, 1.82) is 0 Å². The third-order valence-corrected chi connectivity index (χ3v) is 4.22. The van der Waals surface area contributed by atoms with E-state index in [-0.39, 0.29) is 18.4 Å². The van der Waals surface area contributed by atoms with Crippen molar-refractivity contribution in [3.05, 3.63) is 71.8 Å². The van der Waals surface area contributed by atoms with Gasteiger partial charge in [-0.15, -0.1) is 0 Å². The molecule has 0 amide bonds. The van der Waals surface area contributed by atoms with Gasteiger partial charge in [0.15, 0.2) is 0 Å². The molecule has 5 heteroatoms. The zero-order chi connectivity index (χ0) is 18.8. The van der Waals surface area contributed by atoms with Gasteiger partial charge in [-0.3, -0.25) is 14.5 Å². The molecule has 0 N–H and O–H groups in total. The highest BCUT2D eigenvalue weighted by Gasteiger charge is 2.28. The summed E-state index contributed by atoms with van der Waals surface area (Å²) in [5, 5.41) is 0. The Morgan fingerprint density at radius 3 is 1.77 bits per heavy atom. The molecular formula is C21H25NO4. The molecule has 0 aliphatic heterocycles. The SMILES string of the molecule is COC(=O)CC[C@H](C(=O)OC)N(Cc1ccccc1)Cc1ccccc1. The maximum atomic E-state index is 12.4. The fourth-order valence-electron chi connectivity index (χ4n) is 2.85. The normalized spacial score (nSPS) is 11.8. The molecule has 26 heavy (non-hydrogen) atoms. The molecule has 0 aromatic heterocycles. The average Bonchev–Trinajstić information content (AvgIpc) is 2.69. The van der Waals surface area contributed by atoms with Gasteiger partial charge in [-0.2, -0.15) is 0 Å². The first-order valence-corrected chi connectivity index (χ1v) is 8.60. The molecule has 2 aromatic rings. The first-order valence-electron chi connectivity index (χ1n) is 8.60. The first-order chi connectivity index (χ1) is 12.6. The van der Waals surface area contributed by atoms with Gasteiger partial charge in [0.1, 0.15) is 6.04 Å². The first kappa shape index (κ1) is 19.7. The van der Waals surface area contributed by atoms with E-state index >= 15 is 0 Å². The van der Waals surface area contributed by atoms with Crippen LogP contribution < -0.4 is 0 Å². The predicted molar refractivity (Wildman–Crippen MR) is 99.2 cm³/mol. The van der Waals surface area contributed by atoms with Crippen LogP contribution in [0.25, 0.3) is 0 Å². The second-order valence-corrected chi connectivity index (χ2v) is 6.03. The van der Waals surface area contributed by atoms with Crippen LogP contribution in [0.2, 0.25) is 0 Å². The van der Waals surface area contributed by atoms with Crippen molar-refractivity contribution in [3.63, 3.8) is 0 Å². The highest BCUT2D eigenvalue weighted by Crippen LogP contribution is 2.18. The largest absolute Gasteiger partial charge is 0.469 e. The van der Waals surface area contributed by atoms with Crippen molar-refractivity contribution < 1.29 is 19.1 Å². The summed E-state index contributed by atoms with van der Waals surface area (Å²) in [7, 11) is 2.72. The van der Waals surface area contributed by atoms with E-state index in [0.717, 1.165) is 11.1 Å². The third kappa shape index (κ3) is 6.01. The summed E-state index contributed by atoms with van der Waals surface area (Å²) in [5.74, 6) is -0.681. The van der Waals surface area contributed by atoms with Crippen LogP contribution in [-0.4, -0.2) is 37.1 Å². The van der Waals surface area contributed by atoms with Gasteiger partial charge in [-0.1, -0.05) is 60.7 Å². The minimum Gasteiger partial charge on any atom is -0.469 e. The number of esters is 2. The van der Waals surface area contributed by atoms with Gasteiger partial charge in [0, 0.05) is 19.5 Å². The van der Waals surface area contributed by atoms with Crippen molar-refractivity contribution in [2.45, 2.75) is 32.0 Å². The smallest absolute Gasteiger partial charge is 0.323 e. The molecule has 5 nitrogen and oxygen atoms in total. The molecule has 138 valence electrons. The van der Waals surface area contributed by atoms with E-state index < -0.39 is 6.04 Å². The Labute approximate surface area is 154 Å². The summed E-state index contributed by atoms with van der Waals surface area (Å²) in [6.45, 7) is 1.16. The van der Waals surface area contributed by atoms with Crippen LogP contribution in [0, 0.1) is 0 Å². The zero-order valence-corrected chi connectivity index (χ0v) is 15.3. The van der Waals surface area contributed by atoms with E-state index in [2.05, 4.69) is 0 Å². The van der Waals surface area contributed by atoms with E-state index in [1.54, 1.807) is 0 Å². The van der Waals surface area contributed by atoms with Crippen molar-refractivity contribution in [2.75, 3.05) is 14.2 Å². The van der Waals surface area contributed by atoms with Gasteiger partial charge >= 0.3 is 11.9 Å². The van der Waals surface area contributed by atoms with Gasteiger partial charge in [0.25, 0.3) is 0 Å². The van der Waals surface area contributed by atoms with Gasteiger partial charge in [-0.25, -0.2) is 0 Å². The standard InChI is InChI=1S/C21H25NO4/c1-25-20(23)14-13-19(21(24)26-2)22(15-17-9-5-3-6-10-17)16-18-11-7-4-8-12-18/h3-12,19H,13-16H2,1-2H3/t19-/m1/s1. The van der Waals surface area contributed by atoms with E-state index in [9.17, 15) is 9.59 Å². The number of carbonyl (C=O) groups is 2. The molecular weight excluding hydrogens is 330 g/mol. The van der Waals surface area contributed by atoms with Crippen LogP contribution >= 0.6 is 0 Å². The highest BCUT2D eigenvalue weighted by molar-refractivity contribution is 5.77. The molecule has 0 saturated heterocycles. The zero-order valence-electron chi connectivity index (χ0n) is 15.3. The van der Waals surface area contributed by atoms with E-state index in [0.29, 0.717) is 19.5 Å². The lowest BCUT2D eigenvalue weighted by atomic mass is 10.1. The molecule has 0 aliphatic rings. The summed E-state index contributed by atoms with van der Waals surface area (Å²) in [6, 6.07) is 19.3. The second kappa shape index (κ2) is 10.4. The molecule has 0 fully saturated rings. The molecule has 2 rings (SSSR count). The predicted octanol–water partition coefficient (Wildman–Crippen LogP) is 3.18. The minimum absolute atomic E-state index is 0.163. The molecule has 0 unspecified atom stereocenters. The fourth-order valence-corrected chi connectivity index (χ4v) is 2.85. The fraction of sp³-hybridized carbons (Fsp3) is 0.333. The van der Waals surface area contributed by atoms with E-state index in [1.165, 1.54) is 14.2 Å². The number of nitrogens with zero attached hydrogens (tertiary/aromatic N) is 1. The van der Waals surface area contributed by atoms with Crippen molar-refractivity contribution >= 4 is 11.9 Å². The van der Waals surface area contributed by atoms with Gasteiger partial charge in [0.2, 0.25) is 0 Å². The molecule has 0 bridgehead atoms. The monoisotopic (exact) mass is 355 g/mol. The van der Waals surface area contributed by atoms with Crippen molar-refractivity contribution in [2.24, 2.45) is 0 Å². The summed E-state index contributed by atoms with van der Waals surface area (Å²) in [5.41, 5.74) is 2.19. The Morgan fingerprint density at radius 2 is 1.35 bits per heavy atom. The maximum Gasteiger partial charge on any atom is 0.323 e. The van der Waals surface area contributed by atoms with Crippen molar-refractivity contribution in [1.82, 2.24) is 4.90 Å². The molecule has 0 heterocycles. The van der Waals surface area contributed by atoms with Crippen LogP contribution in [0.5, 0.6) is 0 Å². The van der Waals surface area contributed by atoms with Gasteiger partial charge in [0.05, 0.1) is 14.2 Å². The molecule has 0 spiro atoms. The number of carbonyl (C=O) groups excluding carboxylic acids is 2. The van der Waals surface area contributed by atoms with Crippen molar-refractivity contribution in [3.8, 4) is 0 Å². The average molecular weight is 355 g/mol. The van der Waals surface area contributed by atoms with Crippen LogP contribution in [0.15, 0.2) is 60.7 Å². The number of rotatable bonds is 9. The third-order valence-electron chi connectivity index (χ3n) is 4.22. The number of ether oxygens (including phenoxy) is 2. The molecule has 2 aromatic carbocycles. The van der Waals surface area contributed by atoms with Crippen LogP contribution in [0.4, 0.5) is 0 Å². The Balaban J connectivity index is 2.24. The van der Waals surface area contributed by atoms with Crippen LogP contribution in [0.1, 0.15) is 24.0 Å². The Morgan fingerprint density at radius 1 is 0.846 bits per heavy atom. The number of methoxy groups -OCH3 is 2.